The maximum Gasteiger partial charge on any atom is 0.191 e. The number of hydrogen-bond acceptors (Lipinski definition) is 3. The second kappa shape index (κ2) is 11.6. The zero-order valence-corrected chi connectivity index (χ0v) is 18.0. The van der Waals surface area contributed by atoms with E-state index in [4.69, 9.17) is 4.99 Å². The first-order valence-corrected chi connectivity index (χ1v) is 11.0. The van der Waals surface area contributed by atoms with E-state index in [0.29, 0.717) is 6.54 Å². The highest BCUT2D eigenvalue weighted by Gasteiger charge is 2.10. The van der Waals surface area contributed by atoms with Crippen LogP contribution in [0.5, 0.6) is 0 Å². The van der Waals surface area contributed by atoms with Gasteiger partial charge in [-0.2, -0.15) is 5.10 Å². The third-order valence-corrected chi connectivity index (χ3v) is 5.33. The predicted molar refractivity (Wildman–Crippen MR) is 120 cm³/mol. The van der Waals surface area contributed by atoms with Crippen molar-refractivity contribution >= 4 is 5.96 Å². The molecule has 0 atom stereocenters. The van der Waals surface area contributed by atoms with Crippen molar-refractivity contribution < 1.29 is 0 Å². The largest absolute Gasteiger partial charge is 0.357 e. The van der Waals surface area contributed by atoms with Crippen LogP contribution in [0.1, 0.15) is 49.3 Å². The van der Waals surface area contributed by atoms with Gasteiger partial charge < -0.3 is 10.6 Å². The summed E-state index contributed by atoms with van der Waals surface area (Å²) in [6, 6.07) is 8.95. The van der Waals surface area contributed by atoms with Crippen LogP contribution in [-0.2, 0) is 26.6 Å². The number of hydrogen-bond donors (Lipinski definition) is 2. The second-order valence-electron chi connectivity index (χ2n) is 7.90. The van der Waals surface area contributed by atoms with Gasteiger partial charge in [0.15, 0.2) is 5.96 Å². The van der Waals surface area contributed by atoms with E-state index in [1.165, 1.54) is 49.0 Å². The molecule has 0 bridgehead atoms. The number of nitrogens with one attached hydrogen (secondary N) is 2. The Morgan fingerprint density at radius 3 is 2.48 bits per heavy atom. The van der Waals surface area contributed by atoms with E-state index in [9.17, 15) is 0 Å². The molecule has 2 N–H and O–H groups in total. The number of likely N-dealkylation sites (tertiary alicyclic amines) is 1. The average molecular weight is 397 g/mol. The fraction of sp³-hybridized carbons (Fsp3) is 0.565. The molecule has 0 saturated carbocycles. The molecule has 0 amide bonds. The Balaban J connectivity index is 1.43. The van der Waals surface area contributed by atoms with Gasteiger partial charge in [0, 0.05) is 32.9 Å². The molecule has 6 heteroatoms. The number of benzene rings is 1. The summed E-state index contributed by atoms with van der Waals surface area (Å²) in [7, 11) is 1.96. The molecule has 0 spiro atoms. The molecule has 0 radical (unpaired) electrons. The quantitative estimate of drug-likeness (QED) is 0.388. The number of aryl methyl sites for hydroxylation is 2. The highest BCUT2D eigenvalue weighted by Crippen LogP contribution is 2.14. The van der Waals surface area contributed by atoms with Crippen LogP contribution in [0, 0.1) is 0 Å². The van der Waals surface area contributed by atoms with Crippen LogP contribution in [0.25, 0.3) is 0 Å². The average Bonchev–Trinajstić information content (AvgIpc) is 3.16. The first-order chi connectivity index (χ1) is 14.2. The second-order valence-corrected chi connectivity index (χ2v) is 7.90. The molecule has 1 aromatic heterocycles. The van der Waals surface area contributed by atoms with Crippen LogP contribution in [0.15, 0.2) is 41.7 Å². The Morgan fingerprint density at radius 2 is 1.79 bits per heavy atom. The lowest BCUT2D eigenvalue weighted by Crippen LogP contribution is -2.37. The first-order valence-electron chi connectivity index (χ1n) is 11.0. The third kappa shape index (κ3) is 7.54. The van der Waals surface area contributed by atoms with E-state index in [1.54, 1.807) is 0 Å². The van der Waals surface area contributed by atoms with Gasteiger partial charge in [-0.15, -0.1) is 0 Å². The Hall–Kier alpha value is -2.34. The van der Waals surface area contributed by atoms with Gasteiger partial charge in [0.1, 0.15) is 0 Å². The smallest absolute Gasteiger partial charge is 0.191 e. The standard InChI is InChI=1S/C23H36N6/c1-3-24-23(25-13-7-8-22-17-27-28(2)18-22)26-16-20-9-11-21(12-10-20)19-29-14-5-4-6-15-29/h9-12,17-18H,3-8,13-16,19H2,1-2H3,(H2,24,25,26). The van der Waals surface area contributed by atoms with E-state index in [0.717, 1.165) is 38.4 Å². The minimum atomic E-state index is 0.696. The highest BCUT2D eigenvalue weighted by atomic mass is 15.2. The molecule has 158 valence electrons. The molecule has 1 saturated heterocycles. The maximum absolute atomic E-state index is 4.75. The number of aliphatic imine (C=N–C) groups is 1. The van der Waals surface area contributed by atoms with Crippen LogP contribution < -0.4 is 10.6 Å². The SMILES string of the molecule is CCNC(=NCc1ccc(CN2CCCCC2)cc1)NCCCc1cnn(C)c1. The lowest BCUT2D eigenvalue weighted by Gasteiger charge is -2.26. The molecule has 1 fully saturated rings. The van der Waals surface area contributed by atoms with Crippen LogP contribution >= 0.6 is 0 Å². The van der Waals surface area contributed by atoms with Crippen LogP contribution in [0.3, 0.4) is 0 Å². The Bertz CT molecular complexity index is 743. The molecule has 6 nitrogen and oxygen atoms in total. The number of nitrogens with zero attached hydrogens (tertiary/aromatic N) is 4. The first kappa shape index (κ1) is 21.4. The Labute approximate surface area is 175 Å². The summed E-state index contributed by atoms with van der Waals surface area (Å²) in [4.78, 5) is 7.31. The van der Waals surface area contributed by atoms with Gasteiger partial charge in [-0.3, -0.25) is 9.58 Å². The summed E-state index contributed by atoms with van der Waals surface area (Å²) >= 11 is 0. The van der Waals surface area contributed by atoms with E-state index >= 15 is 0 Å². The predicted octanol–water partition coefficient (Wildman–Crippen LogP) is 3.09. The topological polar surface area (TPSA) is 57.5 Å². The number of guanidine groups is 1. The molecular formula is C23H36N6. The number of piperidine rings is 1. The molecule has 29 heavy (non-hydrogen) atoms. The number of rotatable bonds is 9. The fourth-order valence-electron chi connectivity index (χ4n) is 3.74. The van der Waals surface area contributed by atoms with E-state index in [1.807, 2.05) is 17.9 Å². The van der Waals surface area contributed by atoms with Crippen molar-refractivity contribution in [2.75, 3.05) is 26.2 Å². The lowest BCUT2D eigenvalue weighted by molar-refractivity contribution is 0.221. The monoisotopic (exact) mass is 396 g/mol. The summed E-state index contributed by atoms with van der Waals surface area (Å²) < 4.78 is 1.85. The minimum Gasteiger partial charge on any atom is -0.357 e. The normalized spacial score (nSPS) is 15.4. The molecule has 0 unspecified atom stereocenters. The molecule has 0 aliphatic carbocycles. The zero-order valence-electron chi connectivity index (χ0n) is 18.0. The van der Waals surface area contributed by atoms with E-state index < -0.39 is 0 Å². The molecule has 2 aromatic rings. The van der Waals surface area contributed by atoms with E-state index in [2.05, 4.69) is 58.0 Å². The van der Waals surface area contributed by atoms with Gasteiger partial charge in [0.2, 0.25) is 0 Å². The van der Waals surface area contributed by atoms with E-state index in [-0.39, 0.29) is 0 Å². The van der Waals surface area contributed by atoms with Gasteiger partial charge in [0.25, 0.3) is 0 Å². The molecule has 1 aromatic carbocycles. The summed E-state index contributed by atoms with van der Waals surface area (Å²) in [6.07, 6.45) is 10.2. The van der Waals surface area contributed by atoms with Crippen LogP contribution in [0.2, 0.25) is 0 Å². The fourth-order valence-corrected chi connectivity index (χ4v) is 3.74. The van der Waals surface area contributed by atoms with Crippen molar-refractivity contribution in [3.8, 4) is 0 Å². The van der Waals surface area contributed by atoms with Crippen molar-refractivity contribution in [3.05, 3.63) is 53.3 Å². The molecular weight excluding hydrogens is 360 g/mol. The highest BCUT2D eigenvalue weighted by molar-refractivity contribution is 5.79. The summed E-state index contributed by atoms with van der Waals surface area (Å²) in [5, 5.41) is 11.0. The van der Waals surface area contributed by atoms with Crippen molar-refractivity contribution in [2.45, 2.75) is 52.1 Å². The van der Waals surface area contributed by atoms with Gasteiger partial charge in [-0.05, 0) is 62.4 Å². The van der Waals surface area contributed by atoms with Gasteiger partial charge >= 0.3 is 0 Å². The Kier molecular flexibility index (Phi) is 8.56. The molecule has 1 aliphatic heterocycles. The number of aromatic nitrogens is 2. The molecule has 3 rings (SSSR count). The summed E-state index contributed by atoms with van der Waals surface area (Å²) in [5.74, 6) is 0.885. The van der Waals surface area contributed by atoms with Gasteiger partial charge in [0.05, 0.1) is 12.7 Å². The molecule has 1 aliphatic rings. The third-order valence-electron chi connectivity index (χ3n) is 5.33. The van der Waals surface area contributed by atoms with Crippen molar-refractivity contribution in [2.24, 2.45) is 12.0 Å². The van der Waals surface area contributed by atoms with Gasteiger partial charge in [-0.1, -0.05) is 30.7 Å². The summed E-state index contributed by atoms with van der Waals surface area (Å²) in [5.41, 5.74) is 3.93. The van der Waals surface area contributed by atoms with Gasteiger partial charge in [-0.25, -0.2) is 4.99 Å². The summed E-state index contributed by atoms with van der Waals surface area (Å²) in [6.45, 7) is 8.11. The lowest BCUT2D eigenvalue weighted by atomic mass is 10.1. The maximum atomic E-state index is 4.75. The molecule has 2 heterocycles. The zero-order chi connectivity index (χ0) is 20.3. The minimum absolute atomic E-state index is 0.696. The van der Waals surface area contributed by atoms with Crippen LogP contribution in [0.4, 0.5) is 0 Å². The van der Waals surface area contributed by atoms with Crippen molar-refractivity contribution in [3.63, 3.8) is 0 Å². The van der Waals surface area contributed by atoms with Crippen LogP contribution in [-0.4, -0.2) is 46.8 Å². The van der Waals surface area contributed by atoms with Crippen molar-refractivity contribution in [1.29, 1.82) is 0 Å². The van der Waals surface area contributed by atoms with Crippen molar-refractivity contribution in [1.82, 2.24) is 25.3 Å². The Morgan fingerprint density at radius 1 is 1.03 bits per heavy atom.